The van der Waals surface area contributed by atoms with Gasteiger partial charge in [0.25, 0.3) is 0 Å². The summed E-state index contributed by atoms with van der Waals surface area (Å²) in [5, 5.41) is 9.97. The lowest BCUT2D eigenvalue weighted by Crippen LogP contribution is -1.95. The number of H-pyrrole nitrogens is 1. The number of hydrogen-bond donors (Lipinski definition) is 2. The summed E-state index contributed by atoms with van der Waals surface area (Å²) in [6.45, 7) is 0. The van der Waals surface area contributed by atoms with Crippen LogP contribution < -0.4 is 0 Å². The van der Waals surface area contributed by atoms with Gasteiger partial charge in [0.15, 0.2) is 0 Å². The maximum Gasteiger partial charge on any atom is 0.352 e. The van der Waals surface area contributed by atoms with Crippen LogP contribution in [-0.4, -0.2) is 16.1 Å². The molecule has 3 rings (SSSR count). The van der Waals surface area contributed by atoms with E-state index in [2.05, 4.69) is 17.1 Å². The van der Waals surface area contributed by atoms with Gasteiger partial charge in [0.2, 0.25) is 0 Å². The van der Waals surface area contributed by atoms with Crippen molar-refractivity contribution in [3.63, 3.8) is 0 Å². The van der Waals surface area contributed by atoms with E-state index < -0.39 is 5.97 Å². The highest BCUT2D eigenvalue weighted by Crippen LogP contribution is 2.22. The van der Waals surface area contributed by atoms with Gasteiger partial charge in [-0.15, -0.1) is 0 Å². The van der Waals surface area contributed by atoms with E-state index in [0.717, 1.165) is 22.9 Å². The summed E-state index contributed by atoms with van der Waals surface area (Å²) >= 11 is 0. The molecule has 0 aliphatic rings. The fourth-order valence-electron chi connectivity index (χ4n) is 2.30. The van der Waals surface area contributed by atoms with Crippen LogP contribution in [-0.2, 0) is 6.42 Å². The maximum absolute atomic E-state index is 11.0. The quantitative estimate of drug-likeness (QED) is 0.749. The van der Waals surface area contributed by atoms with Crippen LogP contribution in [0, 0.1) is 0 Å². The normalized spacial score (nSPS) is 10.7. The van der Waals surface area contributed by atoms with Crippen LogP contribution in [0.2, 0.25) is 0 Å². The summed E-state index contributed by atoms with van der Waals surface area (Å²) in [6, 6.07) is 17.7. The molecule has 0 spiro atoms. The van der Waals surface area contributed by atoms with Crippen molar-refractivity contribution >= 4 is 16.9 Å². The number of aromatic nitrogens is 1. The van der Waals surface area contributed by atoms with E-state index in [1.807, 2.05) is 36.4 Å². The number of aromatic amines is 1. The second-order valence-corrected chi connectivity index (χ2v) is 4.53. The molecule has 94 valence electrons. The average Bonchev–Trinajstić information content (AvgIpc) is 2.85. The summed E-state index contributed by atoms with van der Waals surface area (Å²) in [5.74, 6) is -0.929. The lowest BCUT2D eigenvalue weighted by Gasteiger charge is -2.03. The first kappa shape index (κ1) is 11.5. The number of hydrogen-bond acceptors (Lipinski definition) is 1. The summed E-state index contributed by atoms with van der Waals surface area (Å²) in [7, 11) is 0. The summed E-state index contributed by atoms with van der Waals surface area (Å²) in [4.78, 5) is 14.0. The smallest absolute Gasteiger partial charge is 0.352 e. The maximum atomic E-state index is 11.0. The lowest BCUT2D eigenvalue weighted by atomic mass is 10.0. The van der Waals surface area contributed by atoms with E-state index in [9.17, 15) is 4.79 Å². The molecule has 0 fully saturated rings. The predicted octanol–water partition coefficient (Wildman–Crippen LogP) is 3.46. The molecule has 19 heavy (non-hydrogen) atoms. The van der Waals surface area contributed by atoms with Crippen LogP contribution >= 0.6 is 0 Å². The second-order valence-electron chi connectivity index (χ2n) is 4.53. The fraction of sp³-hybridized carbons (Fsp3) is 0.0625. The Balaban J connectivity index is 2.06. The van der Waals surface area contributed by atoms with Gasteiger partial charge in [0.1, 0.15) is 5.69 Å². The van der Waals surface area contributed by atoms with Crippen molar-refractivity contribution in [2.45, 2.75) is 6.42 Å². The molecule has 2 N–H and O–H groups in total. The van der Waals surface area contributed by atoms with Crippen molar-refractivity contribution in [3.05, 3.63) is 71.4 Å². The van der Waals surface area contributed by atoms with Gasteiger partial charge in [-0.25, -0.2) is 4.79 Å². The van der Waals surface area contributed by atoms with Gasteiger partial charge in [0.05, 0.1) is 0 Å². The van der Waals surface area contributed by atoms with Crippen LogP contribution in [0.15, 0.2) is 54.6 Å². The van der Waals surface area contributed by atoms with Gasteiger partial charge < -0.3 is 10.1 Å². The number of rotatable bonds is 3. The highest BCUT2D eigenvalue weighted by atomic mass is 16.4. The Kier molecular flexibility index (Phi) is 2.80. The minimum absolute atomic E-state index is 0.232. The first-order valence-electron chi connectivity index (χ1n) is 6.12. The van der Waals surface area contributed by atoms with Crippen LogP contribution in [0.5, 0.6) is 0 Å². The standard InChI is InChI=1S/C16H13NO2/c18-16(19)14-10-13-8-4-7-12(15(13)17-14)9-11-5-2-1-3-6-11/h1-8,10,17H,9H2,(H,18,19). The molecule has 3 nitrogen and oxygen atoms in total. The topological polar surface area (TPSA) is 53.1 Å². The number of nitrogens with one attached hydrogen (secondary N) is 1. The second kappa shape index (κ2) is 4.61. The molecule has 0 saturated heterocycles. The van der Waals surface area contributed by atoms with Crippen molar-refractivity contribution in [1.82, 2.24) is 4.98 Å². The Labute approximate surface area is 110 Å². The molecule has 0 radical (unpaired) electrons. The molecule has 2 aromatic carbocycles. The van der Waals surface area contributed by atoms with E-state index >= 15 is 0 Å². The third kappa shape index (κ3) is 2.22. The lowest BCUT2D eigenvalue weighted by molar-refractivity contribution is 0.0691. The molecule has 1 heterocycles. The van der Waals surface area contributed by atoms with Crippen molar-refractivity contribution in [1.29, 1.82) is 0 Å². The molecular weight excluding hydrogens is 238 g/mol. The SMILES string of the molecule is O=C(O)c1cc2cccc(Cc3ccccc3)c2[nH]1. The van der Waals surface area contributed by atoms with Crippen molar-refractivity contribution in [2.75, 3.05) is 0 Å². The number of carboxylic acids is 1. The molecule has 0 saturated carbocycles. The molecule has 3 aromatic rings. The zero-order chi connectivity index (χ0) is 13.2. The van der Waals surface area contributed by atoms with Gasteiger partial charge in [-0.1, -0.05) is 48.5 Å². The van der Waals surface area contributed by atoms with Crippen molar-refractivity contribution in [3.8, 4) is 0 Å². The van der Waals surface area contributed by atoms with Gasteiger partial charge in [-0.05, 0) is 23.6 Å². The van der Waals surface area contributed by atoms with Crippen LogP contribution in [0.1, 0.15) is 21.6 Å². The first-order valence-corrected chi connectivity index (χ1v) is 6.12. The number of para-hydroxylation sites is 1. The number of carboxylic acid groups (broad SMARTS) is 1. The zero-order valence-corrected chi connectivity index (χ0v) is 10.3. The zero-order valence-electron chi connectivity index (χ0n) is 10.3. The Morgan fingerprint density at radius 1 is 1.05 bits per heavy atom. The Morgan fingerprint density at radius 3 is 2.58 bits per heavy atom. The monoisotopic (exact) mass is 251 g/mol. The number of benzene rings is 2. The number of carbonyl (C=O) groups is 1. The fourth-order valence-corrected chi connectivity index (χ4v) is 2.30. The summed E-state index contributed by atoms with van der Waals surface area (Å²) < 4.78 is 0. The molecule has 0 aliphatic heterocycles. The Hall–Kier alpha value is -2.55. The largest absolute Gasteiger partial charge is 0.477 e. The Morgan fingerprint density at radius 2 is 1.84 bits per heavy atom. The first-order chi connectivity index (χ1) is 9.24. The van der Waals surface area contributed by atoms with Crippen LogP contribution in [0.3, 0.4) is 0 Å². The van der Waals surface area contributed by atoms with Gasteiger partial charge >= 0.3 is 5.97 Å². The average molecular weight is 251 g/mol. The summed E-state index contributed by atoms with van der Waals surface area (Å²) in [6.07, 6.45) is 0.789. The third-order valence-corrected chi connectivity index (χ3v) is 3.21. The van der Waals surface area contributed by atoms with Crippen molar-refractivity contribution < 1.29 is 9.90 Å². The van der Waals surface area contributed by atoms with E-state index in [-0.39, 0.29) is 5.69 Å². The van der Waals surface area contributed by atoms with Gasteiger partial charge in [-0.3, -0.25) is 0 Å². The third-order valence-electron chi connectivity index (χ3n) is 3.21. The highest BCUT2D eigenvalue weighted by Gasteiger charge is 2.10. The van der Waals surface area contributed by atoms with E-state index in [0.29, 0.717) is 0 Å². The van der Waals surface area contributed by atoms with Crippen LogP contribution in [0.4, 0.5) is 0 Å². The molecule has 0 atom stereocenters. The Bertz CT molecular complexity index is 729. The number of fused-ring (bicyclic) bond motifs is 1. The van der Waals surface area contributed by atoms with E-state index in [1.165, 1.54) is 5.56 Å². The van der Waals surface area contributed by atoms with Crippen LogP contribution in [0.25, 0.3) is 10.9 Å². The minimum atomic E-state index is -0.929. The molecule has 3 heteroatoms. The molecule has 1 aromatic heterocycles. The van der Waals surface area contributed by atoms with Crippen molar-refractivity contribution in [2.24, 2.45) is 0 Å². The molecule has 0 amide bonds. The van der Waals surface area contributed by atoms with Gasteiger partial charge in [-0.2, -0.15) is 0 Å². The molecular formula is C16H13NO2. The van der Waals surface area contributed by atoms with E-state index in [1.54, 1.807) is 6.07 Å². The minimum Gasteiger partial charge on any atom is -0.477 e. The molecule has 0 aliphatic carbocycles. The van der Waals surface area contributed by atoms with E-state index in [4.69, 9.17) is 5.11 Å². The highest BCUT2D eigenvalue weighted by molar-refractivity contribution is 5.94. The summed E-state index contributed by atoms with van der Waals surface area (Å²) in [5.41, 5.74) is 3.46. The van der Waals surface area contributed by atoms with Gasteiger partial charge in [0, 0.05) is 10.9 Å². The number of aromatic carboxylic acids is 1. The predicted molar refractivity (Wildman–Crippen MR) is 74.5 cm³/mol. The molecule has 0 bridgehead atoms. The molecule has 0 unspecified atom stereocenters.